The van der Waals surface area contributed by atoms with Crippen LogP contribution in [-0.2, 0) is 0 Å². The average Bonchev–Trinajstić information content (AvgIpc) is 3.07. The first-order valence-electron chi connectivity index (χ1n) is 9.51. The summed E-state index contributed by atoms with van der Waals surface area (Å²) in [7, 11) is 0. The molecule has 0 radical (unpaired) electrons. The maximum absolute atomic E-state index is 14.9. The zero-order valence-electron chi connectivity index (χ0n) is 15.9. The van der Waals surface area contributed by atoms with Crippen LogP contribution in [0.1, 0.15) is 19.2 Å². The number of aromatic hydroxyl groups is 1. The third-order valence-corrected chi connectivity index (χ3v) is 5.87. The van der Waals surface area contributed by atoms with Crippen molar-refractivity contribution < 1.29 is 9.50 Å². The van der Waals surface area contributed by atoms with Crippen LogP contribution in [0.15, 0.2) is 55.5 Å². The second-order valence-electron chi connectivity index (χ2n) is 7.99. The number of allylic oxidation sites excluding steroid dienone is 1. The van der Waals surface area contributed by atoms with Gasteiger partial charge in [0.15, 0.2) is 5.82 Å². The van der Waals surface area contributed by atoms with Crippen molar-refractivity contribution in [1.82, 2.24) is 25.5 Å². The Morgan fingerprint density at radius 1 is 1.28 bits per heavy atom. The second kappa shape index (κ2) is 6.42. The Bertz CT molecular complexity index is 1150. The summed E-state index contributed by atoms with van der Waals surface area (Å²) in [5.41, 5.74) is 1.28. The second-order valence-corrected chi connectivity index (χ2v) is 7.99. The molecule has 4 heterocycles. The topological polar surface area (TPSA) is 83.8 Å². The van der Waals surface area contributed by atoms with Gasteiger partial charge in [0, 0.05) is 34.8 Å². The van der Waals surface area contributed by atoms with Crippen molar-refractivity contribution in [2.24, 2.45) is 5.92 Å². The molecule has 7 heteroatoms. The number of aromatic nitrogens is 4. The number of phenols is 1. The lowest BCUT2D eigenvalue weighted by Gasteiger charge is -2.39. The standard InChI is InChI=1S/C22H20FN5O/c1-12(16-9-22(2)5-3-17(26-22)20(16)23)21-25-11-18(27-28-21)15-7-13-4-6-24-10-14(13)8-19(15)29/h3-8,10-11,16-17,20,26,29H,1,9H2,2H3/t16-,17-,20-,22+/m1/s1. The number of fused-ring (bicyclic) bond motifs is 3. The molecule has 4 atom stereocenters. The Morgan fingerprint density at radius 3 is 2.93 bits per heavy atom. The molecule has 146 valence electrons. The van der Waals surface area contributed by atoms with E-state index in [1.165, 1.54) is 0 Å². The summed E-state index contributed by atoms with van der Waals surface area (Å²) in [6.07, 6.45) is 8.33. The van der Waals surface area contributed by atoms with E-state index in [1.807, 2.05) is 24.3 Å². The van der Waals surface area contributed by atoms with Crippen LogP contribution in [0.4, 0.5) is 4.39 Å². The fourth-order valence-electron chi connectivity index (χ4n) is 4.28. The lowest BCUT2D eigenvalue weighted by Crippen LogP contribution is -2.54. The van der Waals surface area contributed by atoms with Crippen LogP contribution in [0.5, 0.6) is 5.75 Å². The van der Waals surface area contributed by atoms with Gasteiger partial charge < -0.3 is 5.11 Å². The number of hydrogen-bond acceptors (Lipinski definition) is 6. The molecule has 3 aromatic rings. The molecule has 0 unspecified atom stereocenters. The molecule has 5 rings (SSSR count). The molecule has 6 nitrogen and oxygen atoms in total. The number of piperidine rings is 1. The van der Waals surface area contributed by atoms with Gasteiger partial charge in [-0.3, -0.25) is 10.3 Å². The minimum atomic E-state index is -1.09. The molecule has 1 aromatic carbocycles. The number of alkyl halides is 1. The van der Waals surface area contributed by atoms with E-state index in [0.717, 1.165) is 10.8 Å². The number of rotatable bonds is 3. The highest BCUT2D eigenvalue weighted by molar-refractivity contribution is 5.89. The summed E-state index contributed by atoms with van der Waals surface area (Å²) in [5, 5.41) is 23.8. The number of hydrogen-bond donors (Lipinski definition) is 2. The monoisotopic (exact) mass is 389 g/mol. The number of benzene rings is 1. The molecular formula is C22H20FN5O. The van der Waals surface area contributed by atoms with Crippen molar-refractivity contribution in [3.63, 3.8) is 0 Å². The molecule has 1 fully saturated rings. The summed E-state index contributed by atoms with van der Waals surface area (Å²) in [4.78, 5) is 8.43. The molecule has 2 N–H and O–H groups in total. The predicted octanol–water partition coefficient (Wildman–Crippen LogP) is 3.45. The van der Waals surface area contributed by atoms with Crippen molar-refractivity contribution in [3.05, 3.63) is 61.3 Å². The summed E-state index contributed by atoms with van der Waals surface area (Å²) < 4.78 is 14.9. The van der Waals surface area contributed by atoms with Crippen molar-refractivity contribution in [2.45, 2.75) is 31.1 Å². The number of halogens is 1. The van der Waals surface area contributed by atoms with Crippen LogP contribution in [0.3, 0.4) is 0 Å². The molecular weight excluding hydrogens is 369 g/mol. The van der Waals surface area contributed by atoms with Crippen molar-refractivity contribution in [3.8, 4) is 17.0 Å². The number of nitrogens with one attached hydrogen (secondary N) is 1. The molecule has 29 heavy (non-hydrogen) atoms. The van der Waals surface area contributed by atoms with Gasteiger partial charge in [0.05, 0.1) is 12.2 Å². The predicted molar refractivity (Wildman–Crippen MR) is 109 cm³/mol. The van der Waals surface area contributed by atoms with E-state index in [4.69, 9.17) is 0 Å². The Morgan fingerprint density at radius 2 is 2.14 bits per heavy atom. The van der Waals surface area contributed by atoms with Gasteiger partial charge in [-0.25, -0.2) is 9.37 Å². The van der Waals surface area contributed by atoms with E-state index < -0.39 is 6.17 Å². The van der Waals surface area contributed by atoms with Crippen molar-refractivity contribution in [1.29, 1.82) is 0 Å². The van der Waals surface area contributed by atoms with E-state index in [-0.39, 0.29) is 23.2 Å². The highest BCUT2D eigenvalue weighted by Crippen LogP contribution is 2.41. The lowest BCUT2D eigenvalue weighted by molar-refractivity contribution is 0.146. The third kappa shape index (κ3) is 2.98. The van der Waals surface area contributed by atoms with Crippen LogP contribution in [0.25, 0.3) is 27.6 Å². The first-order chi connectivity index (χ1) is 13.9. The van der Waals surface area contributed by atoms with Crippen LogP contribution >= 0.6 is 0 Å². The zero-order chi connectivity index (χ0) is 20.2. The van der Waals surface area contributed by atoms with Crippen LogP contribution in [0.2, 0.25) is 0 Å². The molecule has 2 bridgehead atoms. The summed E-state index contributed by atoms with van der Waals surface area (Å²) in [6.45, 7) is 6.12. The van der Waals surface area contributed by atoms with Gasteiger partial charge in [-0.2, -0.15) is 0 Å². The largest absolute Gasteiger partial charge is 0.507 e. The Balaban J connectivity index is 1.43. The van der Waals surface area contributed by atoms with Gasteiger partial charge in [0.25, 0.3) is 0 Å². The highest BCUT2D eigenvalue weighted by atomic mass is 19.1. The molecule has 0 amide bonds. The summed E-state index contributed by atoms with van der Waals surface area (Å²) in [5.74, 6) is 0.0252. The smallest absolute Gasteiger partial charge is 0.177 e. The Labute approximate surface area is 167 Å². The molecule has 2 aromatic heterocycles. The number of pyridine rings is 1. The van der Waals surface area contributed by atoms with Gasteiger partial charge in [-0.05, 0) is 42.5 Å². The normalized spacial score (nSPS) is 28.0. The van der Waals surface area contributed by atoms with Crippen LogP contribution in [-0.4, -0.2) is 43.0 Å². The molecule has 2 aliphatic heterocycles. The Hall–Kier alpha value is -3.19. The van der Waals surface area contributed by atoms with E-state index in [9.17, 15) is 9.50 Å². The first kappa shape index (κ1) is 17.9. The van der Waals surface area contributed by atoms with Gasteiger partial charge in [0.2, 0.25) is 0 Å². The first-order valence-corrected chi connectivity index (χ1v) is 9.51. The van der Waals surface area contributed by atoms with E-state index in [1.54, 1.807) is 24.7 Å². The van der Waals surface area contributed by atoms with Gasteiger partial charge >= 0.3 is 0 Å². The van der Waals surface area contributed by atoms with Crippen LogP contribution < -0.4 is 5.32 Å². The van der Waals surface area contributed by atoms with Gasteiger partial charge in [0.1, 0.15) is 17.6 Å². The molecule has 0 aliphatic carbocycles. The number of nitrogens with zero attached hydrogens (tertiary/aromatic N) is 4. The van der Waals surface area contributed by atoms with Crippen molar-refractivity contribution in [2.75, 3.05) is 0 Å². The lowest BCUT2D eigenvalue weighted by atomic mass is 9.79. The zero-order valence-corrected chi connectivity index (χ0v) is 15.9. The van der Waals surface area contributed by atoms with Crippen LogP contribution in [0, 0.1) is 5.92 Å². The minimum absolute atomic E-state index is 0.0749. The molecule has 1 saturated heterocycles. The quantitative estimate of drug-likeness (QED) is 0.668. The Kier molecular flexibility index (Phi) is 3.96. The van der Waals surface area contributed by atoms with E-state index in [0.29, 0.717) is 29.1 Å². The maximum Gasteiger partial charge on any atom is 0.177 e. The van der Waals surface area contributed by atoms with Crippen molar-refractivity contribution >= 4 is 16.3 Å². The van der Waals surface area contributed by atoms with E-state index >= 15 is 0 Å². The fraction of sp³-hybridized carbons (Fsp3) is 0.273. The minimum Gasteiger partial charge on any atom is -0.507 e. The third-order valence-electron chi connectivity index (χ3n) is 5.87. The van der Waals surface area contributed by atoms with Gasteiger partial charge in [-0.1, -0.05) is 18.7 Å². The average molecular weight is 389 g/mol. The SMILES string of the molecule is C=C(c1ncc(-c2cc3ccncc3cc2O)nn1)[C@H]1C[C@]2(C)C=C[C@@H](N2)[C@@H]1F. The van der Waals surface area contributed by atoms with E-state index in [2.05, 4.69) is 39.0 Å². The molecule has 0 saturated carbocycles. The maximum atomic E-state index is 14.9. The molecule has 0 spiro atoms. The summed E-state index contributed by atoms with van der Waals surface area (Å²) >= 11 is 0. The highest BCUT2D eigenvalue weighted by Gasteiger charge is 2.46. The number of phenolic OH excluding ortho intramolecular Hbond substituents is 1. The summed E-state index contributed by atoms with van der Waals surface area (Å²) in [6, 6.07) is 5.00. The van der Waals surface area contributed by atoms with Gasteiger partial charge in [-0.15, -0.1) is 10.2 Å². The fourth-order valence-corrected chi connectivity index (χ4v) is 4.28. The molecule has 2 aliphatic rings.